The molecule has 6 unspecified atom stereocenters. The summed E-state index contributed by atoms with van der Waals surface area (Å²) in [6, 6.07) is -0.400. The van der Waals surface area contributed by atoms with Crippen LogP contribution in [0.15, 0.2) is 0 Å². The van der Waals surface area contributed by atoms with E-state index < -0.39 is 10.0 Å². The highest BCUT2D eigenvalue weighted by Gasteiger charge is 2.48. The predicted molar refractivity (Wildman–Crippen MR) is 125 cm³/mol. The number of piperazine rings is 1. The van der Waals surface area contributed by atoms with Gasteiger partial charge in [-0.05, 0) is 71.1 Å². The van der Waals surface area contributed by atoms with Gasteiger partial charge in [-0.2, -0.15) is 0 Å². The number of rotatable bonds is 5. The van der Waals surface area contributed by atoms with Gasteiger partial charge in [-0.3, -0.25) is 4.79 Å². The number of methoxy groups -OCH3 is 1. The molecule has 0 aromatic carbocycles. The average molecular weight is 488 g/mol. The van der Waals surface area contributed by atoms with Crippen molar-refractivity contribution in [3.05, 3.63) is 0 Å². The van der Waals surface area contributed by atoms with Crippen molar-refractivity contribution in [2.45, 2.75) is 103 Å². The Morgan fingerprint density at radius 1 is 1.03 bits per heavy atom. The van der Waals surface area contributed by atoms with Gasteiger partial charge in [0, 0.05) is 32.7 Å². The molecule has 2 aliphatic carbocycles. The number of sulfonamides is 1. The van der Waals surface area contributed by atoms with Gasteiger partial charge >= 0.3 is 6.09 Å². The van der Waals surface area contributed by atoms with Crippen LogP contribution in [0.1, 0.15) is 66.2 Å². The number of hydrogen-bond acceptors (Lipinski definition) is 6. The van der Waals surface area contributed by atoms with Gasteiger partial charge in [0.2, 0.25) is 15.9 Å². The smallest absolute Gasteiger partial charge is 0.410 e. The molecule has 2 amide bonds. The molecule has 3 rings (SSSR count). The van der Waals surface area contributed by atoms with E-state index in [-0.39, 0.29) is 48.4 Å². The van der Waals surface area contributed by atoms with Crippen molar-refractivity contribution in [2.24, 2.45) is 11.8 Å². The van der Waals surface area contributed by atoms with Crippen LogP contribution in [0.3, 0.4) is 0 Å². The van der Waals surface area contributed by atoms with Crippen molar-refractivity contribution in [3.8, 4) is 0 Å². The van der Waals surface area contributed by atoms with Gasteiger partial charge in [-0.25, -0.2) is 17.9 Å². The van der Waals surface area contributed by atoms with Crippen LogP contribution in [0.4, 0.5) is 4.79 Å². The van der Waals surface area contributed by atoms with Crippen LogP contribution < -0.4 is 4.72 Å². The molecule has 0 spiro atoms. The minimum atomic E-state index is -3.34. The first-order valence-corrected chi connectivity index (χ1v) is 14.1. The van der Waals surface area contributed by atoms with Crippen molar-refractivity contribution >= 4 is 22.0 Å². The molecule has 1 aliphatic heterocycles. The number of amides is 2. The van der Waals surface area contributed by atoms with Gasteiger partial charge in [0.15, 0.2) is 0 Å². The number of hydrogen-bond donors (Lipinski definition) is 1. The van der Waals surface area contributed by atoms with Crippen LogP contribution in [0.25, 0.3) is 0 Å². The summed E-state index contributed by atoms with van der Waals surface area (Å²) in [6.07, 6.45) is 5.61. The maximum absolute atomic E-state index is 13.0. The molecule has 1 saturated heterocycles. The third kappa shape index (κ3) is 6.19. The second-order valence-corrected chi connectivity index (χ2v) is 12.2. The van der Waals surface area contributed by atoms with Crippen molar-refractivity contribution < 1.29 is 27.5 Å². The molecular weight excluding hydrogens is 446 g/mol. The third-order valence-corrected chi connectivity index (χ3v) is 8.34. The Balaban J connectivity index is 1.79. The second kappa shape index (κ2) is 10.5. The first kappa shape index (κ1) is 26.2. The van der Waals surface area contributed by atoms with Gasteiger partial charge in [0.25, 0.3) is 0 Å². The number of nitrogens with zero attached hydrogens (tertiary/aromatic N) is 2. The molecule has 190 valence electrons. The zero-order valence-corrected chi connectivity index (χ0v) is 21.6. The van der Waals surface area contributed by atoms with Crippen LogP contribution in [-0.4, -0.2) is 86.5 Å². The van der Waals surface area contributed by atoms with E-state index in [0.717, 1.165) is 38.5 Å². The van der Waals surface area contributed by atoms with Crippen LogP contribution in [0.5, 0.6) is 0 Å². The third-order valence-electron chi connectivity index (χ3n) is 7.61. The van der Waals surface area contributed by atoms with Crippen LogP contribution >= 0.6 is 0 Å². The minimum Gasteiger partial charge on any atom is -0.447 e. The monoisotopic (exact) mass is 487 g/mol. The molecule has 10 heteroatoms. The molecule has 9 nitrogen and oxygen atoms in total. The average Bonchev–Trinajstić information content (AvgIpc) is 2.70. The van der Waals surface area contributed by atoms with Crippen molar-refractivity contribution in [3.63, 3.8) is 0 Å². The molecule has 0 aromatic heterocycles. The van der Waals surface area contributed by atoms with E-state index in [1.807, 2.05) is 30.6 Å². The molecule has 0 aromatic rings. The minimum absolute atomic E-state index is 0.0116. The van der Waals surface area contributed by atoms with E-state index in [1.54, 1.807) is 14.0 Å². The maximum atomic E-state index is 13.0. The van der Waals surface area contributed by atoms with E-state index in [2.05, 4.69) is 4.72 Å². The first-order chi connectivity index (χ1) is 15.4. The van der Waals surface area contributed by atoms with Crippen LogP contribution in [-0.2, 0) is 24.3 Å². The highest BCUT2D eigenvalue weighted by Crippen LogP contribution is 2.43. The van der Waals surface area contributed by atoms with Crippen molar-refractivity contribution in [2.75, 3.05) is 19.9 Å². The van der Waals surface area contributed by atoms with Gasteiger partial charge in [0.1, 0.15) is 0 Å². The molecule has 1 N–H and O–H groups in total. The first-order valence-electron chi connectivity index (χ1n) is 12.2. The van der Waals surface area contributed by atoms with Gasteiger partial charge in [0.05, 0.1) is 30.5 Å². The normalized spacial score (nSPS) is 35.3. The Morgan fingerprint density at radius 3 is 2.24 bits per heavy atom. The topological polar surface area (TPSA) is 105 Å². The van der Waals surface area contributed by atoms with E-state index in [1.165, 1.54) is 6.26 Å². The van der Waals surface area contributed by atoms with Crippen molar-refractivity contribution in [1.29, 1.82) is 0 Å². The zero-order chi connectivity index (χ0) is 24.5. The number of nitrogens with one attached hydrogen (secondary N) is 1. The molecule has 3 aliphatic rings. The highest BCUT2D eigenvalue weighted by molar-refractivity contribution is 7.88. The zero-order valence-electron chi connectivity index (χ0n) is 20.8. The summed E-state index contributed by atoms with van der Waals surface area (Å²) in [5.41, 5.74) is 0. The highest BCUT2D eigenvalue weighted by atomic mass is 32.2. The summed E-state index contributed by atoms with van der Waals surface area (Å²) in [4.78, 5) is 29.2. The predicted octanol–water partition coefficient (Wildman–Crippen LogP) is 2.35. The van der Waals surface area contributed by atoms with E-state index in [9.17, 15) is 18.0 Å². The lowest BCUT2D eigenvalue weighted by atomic mass is 9.68. The van der Waals surface area contributed by atoms with Gasteiger partial charge in [-0.1, -0.05) is 0 Å². The van der Waals surface area contributed by atoms with Gasteiger partial charge in [-0.15, -0.1) is 0 Å². The Kier molecular flexibility index (Phi) is 8.32. The molecule has 0 bridgehead atoms. The van der Waals surface area contributed by atoms with Crippen LogP contribution in [0, 0.1) is 11.8 Å². The van der Waals surface area contributed by atoms with E-state index in [4.69, 9.17) is 9.47 Å². The number of ether oxygens (including phenoxy) is 2. The SMILES string of the molecule is COC1CCC(C2CCC3C(C2)N(C(=O)OC(C)C)C[C@H](C)N3C(C)=O)CC1NS(C)(=O)=O. The summed E-state index contributed by atoms with van der Waals surface area (Å²) >= 11 is 0. The number of fused-ring (bicyclic) bond motifs is 1. The Labute approximate surface area is 198 Å². The quantitative estimate of drug-likeness (QED) is 0.638. The molecule has 7 atom stereocenters. The maximum Gasteiger partial charge on any atom is 0.410 e. The fourth-order valence-corrected chi connectivity index (χ4v) is 7.19. The second-order valence-electron chi connectivity index (χ2n) is 10.4. The molecule has 0 radical (unpaired) electrons. The van der Waals surface area contributed by atoms with Crippen LogP contribution in [0.2, 0.25) is 0 Å². The molecule has 2 saturated carbocycles. The standard InChI is InChI=1S/C23H41N3O6S/c1-14(2)32-23(28)25-13-15(3)26(16(4)27)20-9-7-18(12-21(20)25)17-8-10-22(31-5)19(11-17)24-33(6,29)30/h14-15,17-22,24H,7-13H2,1-6H3/t15-,17?,18?,19?,20?,21?,22?/m0/s1. The molecule has 1 heterocycles. The lowest BCUT2D eigenvalue weighted by Crippen LogP contribution is -2.67. The van der Waals surface area contributed by atoms with Gasteiger partial charge < -0.3 is 19.3 Å². The lowest BCUT2D eigenvalue weighted by Gasteiger charge is -2.54. The van der Waals surface area contributed by atoms with Crippen molar-refractivity contribution in [1.82, 2.24) is 14.5 Å². The largest absolute Gasteiger partial charge is 0.447 e. The fourth-order valence-electron chi connectivity index (χ4n) is 6.39. The van der Waals surface area contributed by atoms with E-state index >= 15 is 0 Å². The summed E-state index contributed by atoms with van der Waals surface area (Å²) < 4.78 is 37.7. The Morgan fingerprint density at radius 2 is 1.67 bits per heavy atom. The number of carbonyl (C=O) groups excluding carboxylic acids is 2. The Bertz CT molecular complexity index is 819. The molecular formula is C23H41N3O6S. The lowest BCUT2D eigenvalue weighted by molar-refractivity contribution is -0.143. The van der Waals surface area contributed by atoms with E-state index in [0.29, 0.717) is 18.4 Å². The fraction of sp³-hybridized carbons (Fsp3) is 0.913. The summed E-state index contributed by atoms with van der Waals surface area (Å²) in [7, 11) is -1.71. The summed E-state index contributed by atoms with van der Waals surface area (Å²) in [5.74, 6) is 0.736. The molecule has 33 heavy (non-hydrogen) atoms. The summed E-state index contributed by atoms with van der Waals surface area (Å²) in [6.45, 7) is 7.75. The number of carbonyl (C=O) groups is 2. The summed E-state index contributed by atoms with van der Waals surface area (Å²) in [5, 5.41) is 0. The molecule has 3 fully saturated rings. The Hall–Kier alpha value is -1.39.